The molecule has 1 aromatic carbocycles. The van der Waals surface area contributed by atoms with Gasteiger partial charge in [0.15, 0.2) is 0 Å². The number of aliphatic hydroxyl groups excluding tert-OH is 1. The molecule has 0 aliphatic heterocycles. The molecule has 1 atom stereocenters. The van der Waals surface area contributed by atoms with Gasteiger partial charge in [0.1, 0.15) is 11.6 Å². The van der Waals surface area contributed by atoms with Gasteiger partial charge in [-0.1, -0.05) is 13.0 Å². The van der Waals surface area contributed by atoms with Crippen LogP contribution < -0.4 is 0 Å². The van der Waals surface area contributed by atoms with Gasteiger partial charge in [0.05, 0.1) is 11.7 Å². The molecule has 1 unspecified atom stereocenters. The molecule has 0 amide bonds. The predicted molar refractivity (Wildman–Crippen MR) is 63.7 cm³/mol. The summed E-state index contributed by atoms with van der Waals surface area (Å²) in [7, 11) is 0. The zero-order valence-electron chi connectivity index (χ0n) is 9.46. The molecule has 1 N–H and O–H groups in total. The molecular formula is C12H16F2OS. The van der Waals surface area contributed by atoms with Crippen molar-refractivity contribution in [2.24, 2.45) is 0 Å². The molecule has 0 spiro atoms. The average Bonchev–Trinajstić information content (AvgIpc) is 2.24. The molecule has 90 valence electrons. The van der Waals surface area contributed by atoms with Crippen molar-refractivity contribution < 1.29 is 13.9 Å². The summed E-state index contributed by atoms with van der Waals surface area (Å²) in [4.78, 5) is 0. The standard InChI is InChI=1S/C12H16F2OS/c1-3-6-16-7-10(15)11-9(13)5-4-8(2)12(11)14/h4-5,10,15H,3,6-7H2,1-2H3. The third-order valence-corrected chi connectivity index (χ3v) is 3.53. The molecule has 0 radical (unpaired) electrons. The molecule has 1 rings (SSSR count). The number of halogens is 2. The second kappa shape index (κ2) is 6.21. The SMILES string of the molecule is CCCSCC(O)c1c(F)ccc(C)c1F. The van der Waals surface area contributed by atoms with Crippen LogP contribution in [0.4, 0.5) is 8.78 Å². The van der Waals surface area contributed by atoms with Crippen molar-refractivity contribution in [1.29, 1.82) is 0 Å². The minimum Gasteiger partial charge on any atom is -0.387 e. The van der Waals surface area contributed by atoms with Gasteiger partial charge in [-0.2, -0.15) is 11.8 Å². The van der Waals surface area contributed by atoms with Crippen LogP contribution in [0.3, 0.4) is 0 Å². The monoisotopic (exact) mass is 246 g/mol. The van der Waals surface area contributed by atoms with E-state index >= 15 is 0 Å². The predicted octanol–water partition coefficient (Wildman–Crippen LogP) is 3.45. The van der Waals surface area contributed by atoms with Crippen molar-refractivity contribution in [1.82, 2.24) is 0 Å². The molecule has 0 bridgehead atoms. The van der Waals surface area contributed by atoms with Crippen LogP contribution in [-0.4, -0.2) is 16.6 Å². The number of aryl methyl sites for hydroxylation is 1. The Morgan fingerprint density at radius 2 is 2.06 bits per heavy atom. The van der Waals surface area contributed by atoms with Gasteiger partial charge in [-0.3, -0.25) is 0 Å². The first-order valence-corrected chi connectivity index (χ1v) is 6.43. The van der Waals surface area contributed by atoms with E-state index in [2.05, 4.69) is 0 Å². The molecule has 0 heterocycles. The van der Waals surface area contributed by atoms with E-state index in [1.165, 1.54) is 23.9 Å². The fraction of sp³-hybridized carbons (Fsp3) is 0.500. The number of rotatable bonds is 5. The summed E-state index contributed by atoms with van der Waals surface area (Å²) in [6, 6.07) is 2.57. The maximum absolute atomic E-state index is 13.6. The van der Waals surface area contributed by atoms with Crippen molar-refractivity contribution in [3.63, 3.8) is 0 Å². The van der Waals surface area contributed by atoms with Crippen LogP contribution in [-0.2, 0) is 0 Å². The van der Waals surface area contributed by atoms with Crippen molar-refractivity contribution in [3.8, 4) is 0 Å². The van der Waals surface area contributed by atoms with Crippen LogP contribution in [0.2, 0.25) is 0 Å². The van der Waals surface area contributed by atoms with Gasteiger partial charge in [-0.05, 0) is 30.7 Å². The summed E-state index contributed by atoms with van der Waals surface area (Å²) in [5.41, 5.74) is 0.152. The Morgan fingerprint density at radius 1 is 1.38 bits per heavy atom. The van der Waals surface area contributed by atoms with Crippen molar-refractivity contribution in [3.05, 3.63) is 34.9 Å². The van der Waals surface area contributed by atoms with Gasteiger partial charge in [0.25, 0.3) is 0 Å². The Labute approximate surface area is 98.9 Å². The highest BCUT2D eigenvalue weighted by molar-refractivity contribution is 7.99. The van der Waals surface area contributed by atoms with Gasteiger partial charge in [-0.25, -0.2) is 8.78 Å². The smallest absolute Gasteiger partial charge is 0.134 e. The summed E-state index contributed by atoms with van der Waals surface area (Å²) in [6.07, 6.45) is -0.0904. The third kappa shape index (κ3) is 3.19. The summed E-state index contributed by atoms with van der Waals surface area (Å²) in [5, 5.41) is 9.73. The zero-order chi connectivity index (χ0) is 12.1. The largest absolute Gasteiger partial charge is 0.387 e. The van der Waals surface area contributed by atoms with E-state index in [0.717, 1.165) is 12.2 Å². The minimum atomic E-state index is -1.07. The van der Waals surface area contributed by atoms with Gasteiger partial charge in [0, 0.05) is 5.75 Å². The second-order valence-electron chi connectivity index (χ2n) is 3.68. The lowest BCUT2D eigenvalue weighted by Crippen LogP contribution is -2.08. The highest BCUT2D eigenvalue weighted by Crippen LogP contribution is 2.26. The highest BCUT2D eigenvalue weighted by atomic mass is 32.2. The number of hydrogen-bond donors (Lipinski definition) is 1. The quantitative estimate of drug-likeness (QED) is 0.803. The molecule has 0 saturated carbocycles. The summed E-state index contributed by atoms with van der Waals surface area (Å²) >= 11 is 1.50. The van der Waals surface area contributed by atoms with Crippen LogP contribution in [0, 0.1) is 18.6 Å². The average molecular weight is 246 g/mol. The molecule has 0 aliphatic rings. The van der Waals surface area contributed by atoms with Gasteiger partial charge >= 0.3 is 0 Å². The van der Waals surface area contributed by atoms with E-state index in [0.29, 0.717) is 11.3 Å². The summed E-state index contributed by atoms with van der Waals surface area (Å²) < 4.78 is 27.0. The first-order chi connectivity index (χ1) is 7.57. The Kier molecular flexibility index (Phi) is 5.22. The molecule has 1 aromatic rings. The van der Waals surface area contributed by atoms with Crippen molar-refractivity contribution >= 4 is 11.8 Å². The second-order valence-corrected chi connectivity index (χ2v) is 4.83. The molecule has 1 nitrogen and oxygen atoms in total. The molecular weight excluding hydrogens is 230 g/mol. The lowest BCUT2D eigenvalue weighted by Gasteiger charge is -2.13. The van der Waals surface area contributed by atoms with E-state index in [1.807, 2.05) is 6.92 Å². The maximum Gasteiger partial charge on any atom is 0.134 e. The first kappa shape index (κ1) is 13.5. The number of thioether (sulfide) groups is 1. The first-order valence-electron chi connectivity index (χ1n) is 5.28. The Balaban J connectivity index is 2.81. The normalized spacial score (nSPS) is 12.8. The highest BCUT2D eigenvalue weighted by Gasteiger charge is 2.19. The molecule has 4 heteroatoms. The van der Waals surface area contributed by atoms with Crippen LogP contribution in [0.1, 0.15) is 30.6 Å². The van der Waals surface area contributed by atoms with Gasteiger partial charge in [0.2, 0.25) is 0 Å². The van der Waals surface area contributed by atoms with Crippen LogP contribution >= 0.6 is 11.8 Å². The van der Waals surface area contributed by atoms with E-state index in [1.54, 1.807) is 6.92 Å². The molecule has 0 aromatic heterocycles. The van der Waals surface area contributed by atoms with Crippen molar-refractivity contribution in [2.75, 3.05) is 11.5 Å². The van der Waals surface area contributed by atoms with Gasteiger partial charge < -0.3 is 5.11 Å². The lowest BCUT2D eigenvalue weighted by atomic mass is 10.1. The topological polar surface area (TPSA) is 20.2 Å². The van der Waals surface area contributed by atoms with Crippen molar-refractivity contribution in [2.45, 2.75) is 26.4 Å². The Morgan fingerprint density at radius 3 is 2.69 bits per heavy atom. The van der Waals surface area contributed by atoms with E-state index in [9.17, 15) is 13.9 Å². The fourth-order valence-electron chi connectivity index (χ4n) is 1.41. The fourth-order valence-corrected chi connectivity index (χ4v) is 2.25. The molecule has 0 aliphatic carbocycles. The van der Waals surface area contributed by atoms with Gasteiger partial charge in [-0.15, -0.1) is 0 Å². The molecule has 0 saturated heterocycles. The van der Waals surface area contributed by atoms with Crippen LogP contribution in [0.15, 0.2) is 12.1 Å². The summed E-state index contributed by atoms with van der Waals surface area (Å²) in [5.74, 6) is -0.102. The number of hydrogen-bond acceptors (Lipinski definition) is 2. The number of benzene rings is 1. The van der Waals surface area contributed by atoms with E-state index in [-0.39, 0.29) is 5.56 Å². The Hall–Kier alpha value is -0.610. The van der Waals surface area contributed by atoms with Crippen LogP contribution in [0.25, 0.3) is 0 Å². The maximum atomic E-state index is 13.6. The molecule has 0 fully saturated rings. The minimum absolute atomic E-state index is 0.205. The number of aliphatic hydroxyl groups is 1. The Bertz CT molecular complexity index is 355. The lowest BCUT2D eigenvalue weighted by molar-refractivity contribution is 0.193. The molecule has 16 heavy (non-hydrogen) atoms. The van der Waals surface area contributed by atoms with E-state index < -0.39 is 17.7 Å². The van der Waals surface area contributed by atoms with Crippen LogP contribution in [0.5, 0.6) is 0 Å². The third-order valence-electron chi connectivity index (χ3n) is 2.28. The zero-order valence-corrected chi connectivity index (χ0v) is 10.3. The summed E-state index contributed by atoms with van der Waals surface area (Å²) in [6.45, 7) is 3.58. The van der Waals surface area contributed by atoms with E-state index in [4.69, 9.17) is 0 Å².